The molecule has 1 atom stereocenters. The van der Waals surface area contributed by atoms with Gasteiger partial charge in [-0.15, -0.1) is 0 Å². The third-order valence-corrected chi connectivity index (χ3v) is 2.44. The SMILES string of the molecule is CCOCC(C)(O)Cc1ccc(Br)cn1. The molecule has 1 aromatic heterocycles. The van der Waals surface area contributed by atoms with Gasteiger partial charge in [0, 0.05) is 29.4 Å². The molecule has 0 aliphatic heterocycles. The summed E-state index contributed by atoms with van der Waals surface area (Å²) in [4.78, 5) is 4.21. The number of hydrogen-bond acceptors (Lipinski definition) is 3. The first-order valence-electron chi connectivity index (χ1n) is 4.94. The molecule has 1 rings (SSSR count). The number of hydrogen-bond donors (Lipinski definition) is 1. The number of halogens is 1. The Balaban J connectivity index is 2.56. The fourth-order valence-electron chi connectivity index (χ4n) is 1.27. The van der Waals surface area contributed by atoms with Crippen molar-refractivity contribution in [2.45, 2.75) is 25.9 Å². The highest BCUT2D eigenvalue weighted by atomic mass is 79.9. The number of ether oxygens (including phenoxy) is 1. The molecule has 4 heteroatoms. The zero-order valence-electron chi connectivity index (χ0n) is 9.03. The Morgan fingerprint density at radius 3 is 2.80 bits per heavy atom. The summed E-state index contributed by atoms with van der Waals surface area (Å²) in [6, 6.07) is 3.81. The maximum absolute atomic E-state index is 9.99. The molecule has 0 radical (unpaired) electrons. The van der Waals surface area contributed by atoms with Crippen molar-refractivity contribution < 1.29 is 9.84 Å². The standard InChI is InChI=1S/C11H16BrNO2/c1-3-15-8-11(2,14)6-10-5-4-9(12)7-13-10/h4-5,7,14H,3,6,8H2,1-2H3. The van der Waals surface area contributed by atoms with Crippen LogP contribution in [0.5, 0.6) is 0 Å². The Morgan fingerprint density at radius 2 is 2.27 bits per heavy atom. The van der Waals surface area contributed by atoms with Crippen LogP contribution in [0.15, 0.2) is 22.8 Å². The molecule has 1 aromatic rings. The summed E-state index contributed by atoms with van der Waals surface area (Å²) >= 11 is 3.32. The smallest absolute Gasteiger partial charge is 0.0907 e. The van der Waals surface area contributed by atoms with Crippen molar-refractivity contribution in [1.82, 2.24) is 4.98 Å². The van der Waals surface area contributed by atoms with Gasteiger partial charge in [0.1, 0.15) is 0 Å². The molecule has 0 aromatic carbocycles. The molecule has 0 bridgehead atoms. The van der Waals surface area contributed by atoms with Gasteiger partial charge in [-0.1, -0.05) is 0 Å². The van der Waals surface area contributed by atoms with Gasteiger partial charge in [0.15, 0.2) is 0 Å². The first kappa shape index (κ1) is 12.6. The van der Waals surface area contributed by atoms with E-state index >= 15 is 0 Å². The second-order valence-electron chi connectivity index (χ2n) is 3.78. The maximum atomic E-state index is 9.99. The van der Waals surface area contributed by atoms with E-state index in [2.05, 4.69) is 20.9 Å². The molecule has 0 saturated heterocycles. The maximum Gasteiger partial charge on any atom is 0.0907 e. The van der Waals surface area contributed by atoms with E-state index < -0.39 is 5.60 Å². The van der Waals surface area contributed by atoms with Crippen LogP contribution in [-0.2, 0) is 11.2 Å². The highest BCUT2D eigenvalue weighted by Crippen LogP contribution is 2.14. The van der Waals surface area contributed by atoms with Crippen LogP contribution < -0.4 is 0 Å². The van der Waals surface area contributed by atoms with Gasteiger partial charge in [-0.3, -0.25) is 4.98 Å². The first-order valence-corrected chi connectivity index (χ1v) is 5.73. The van der Waals surface area contributed by atoms with Gasteiger partial charge in [-0.25, -0.2) is 0 Å². The molecular formula is C11H16BrNO2. The lowest BCUT2D eigenvalue weighted by molar-refractivity contribution is -0.0302. The van der Waals surface area contributed by atoms with E-state index in [0.717, 1.165) is 10.2 Å². The van der Waals surface area contributed by atoms with Crippen molar-refractivity contribution >= 4 is 15.9 Å². The van der Waals surface area contributed by atoms with E-state index in [1.807, 2.05) is 19.1 Å². The molecule has 1 unspecified atom stereocenters. The van der Waals surface area contributed by atoms with E-state index in [-0.39, 0.29) is 0 Å². The minimum atomic E-state index is -0.850. The molecule has 0 fully saturated rings. The molecule has 1 heterocycles. The van der Waals surface area contributed by atoms with Crippen LogP contribution in [0.3, 0.4) is 0 Å². The van der Waals surface area contributed by atoms with Crippen LogP contribution in [0.2, 0.25) is 0 Å². The van der Waals surface area contributed by atoms with Gasteiger partial charge in [0.05, 0.1) is 12.2 Å². The first-order chi connectivity index (χ1) is 7.03. The summed E-state index contributed by atoms with van der Waals surface area (Å²) < 4.78 is 6.15. The third-order valence-electron chi connectivity index (χ3n) is 1.97. The van der Waals surface area contributed by atoms with Crippen molar-refractivity contribution in [2.75, 3.05) is 13.2 Å². The van der Waals surface area contributed by atoms with Gasteiger partial charge in [-0.05, 0) is 41.9 Å². The number of aliphatic hydroxyl groups is 1. The Kier molecular flexibility index (Phi) is 4.70. The lowest BCUT2D eigenvalue weighted by atomic mass is 10.0. The number of pyridine rings is 1. The quantitative estimate of drug-likeness (QED) is 0.894. The lowest BCUT2D eigenvalue weighted by Crippen LogP contribution is -2.33. The van der Waals surface area contributed by atoms with E-state index in [4.69, 9.17) is 4.74 Å². The largest absolute Gasteiger partial charge is 0.387 e. The van der Waals surface area contributed by atoms with Crippen molar-refractivity contribution in [3.8, 4) is 0 Å². The summed E-state index contributed by atoms with van der Waals surface area (Å²) in [5.41, 5.74) is 0.0134. The van der Waals surface area contributed by atoms with Gasteiger partial charge in [0.2, 0.25) is 0 Å². The van der Waals surface area contributed by atoms with Crippen molar-refractivity contribution in [2.24, 2.45) is 0 Å². The molecule has 15 heavy (non-hydrogen) atoms. The Bertz CT molecular complexity index is 298. The summed E-state index contributed by atoms with van der Waals surface area (Å²) in [7, 11) is 0. The van der Waals surface area contributed by atoms with E-state index in [1.165, 1.54) is 0 Å². The van der Waals surface area contributed by atoms with Gasteiger partial charge in [0.25, 0.3) is 0 Å². The number of nitrogens with zero attached hydrogens (tertiary/aromatic N) is 1. The van der Waals surface area contributed by atoms with Crippen molar-refractivity contribution in [3.05, 3.63) is 28.5 Å². The summed E-state index contributed by atoms with van der Waals surface area (Å²) in [6.45, 7) is 4.62. The summed E-state index contributed by atoms with van der Waals surface area (Å²) in [5, 5.41) is 9.99. The molecule has 3 nitrogen and oxygen atoms in total. The molecule has 84 valence electrons. The van der Waals surface area contributed by atoms with Gasteiger partial charge < -0.3 is 9.84 Å². The van der Waals surface area contributed by atoms with Gasteiger partial charge >= 0.3 is 0 Å². The Hall–Kier alpha value is -0.450. The molecule has 0 aliphatic rings. The van der Waals surface area contributed by atoms with Crippen LogP contribution in [0.1, 0.15) is 19.5 Å². The minimum Gasteiger partial charge on any atom is -0.387 e. The molecule has 0 aliphatic carbocycles. The average molecular weight is 274 g/mol. The fourth-order valence-corrected chi connectivity index (χ4v) is 1.51. The van der Waals surface area contributed by atoms with Crippen LogP contribution in [0, 0.1) is 0 Å². The van der Waals surface area contributed by atoms with Crippen LogP contribution in [-0.4, -0.2) is 28.9 Å². The van der Waals surface area contributed by atoms with E-state index in [9.17, 15) is 5.11 Å². The van der Waals surface area contributed by atoms with Crippen LogP contribution in [0.25, 0.3) is 0 Å². The second kappa shape index (κ2) is 5.58. The Labute approximate surface area is 98.6 Å². The fraction of sp³-hybridized carbons (Fsp3) is 0.545. The van der Waals surface area contributed by atoms with Crippen molar-refractivity contribution in [3.63, 3.8) is 0 Å². The summed E-state index contributed by atoms with van der Waals surface area (Å²) in [5.74, 6) is 0. The average Bonchev–Trinajstić information content (AvgIpc) is 2.18. The molecule has 0 spiro atoms. The van der Waals surface area contributed by atoms with Gasteiger partial charge in [-0.2, -0.15) is 0 Å². The molecule has 1 N–H and O–H groups in total. The number of rotatable bonds is 5. The molecule has 0 saturated carbocycles. The van der Waals surface area contributed by atoms with Crippen molar-refractivity contribution in [1.29, 1.82) is 0 Å². The zero-order valence-corrected chi connectivity index (χ0v) is 10.6. The van der Waals surface area contributed by atoms with Crippen LogP contribution in [0.4, 0.5) is 0 Å². The lowest BCUT2D eigenvalue weighted by Gasteiger charge is -2.22. The minimum absolute atomic E-state index is 0.335. The topological polar surface area (TPSA) is 42.4 Å². The molecule has 0 amide bonds. The predicted octanol–water partition coefficient (Wildman–Crippen LogP) is 2.17. The second-order valence-corrected chi connectivity index (χ2v) is 4.69. The monoisotopic (exact) mass is 273 g/mol. The normalized spacial score (nSPS) is 14.9. The number of aromatic nitrogens is 1. The highest BCUT2D eigenvalue weighted by molar-refractivity contribution is 9.10. The zero-order chi connectivity index (χ0) is 11.3. The highest BCUT2D eigenvalue weighted by Gasteiger charge is 2.21. The summed E-state index contributed by atoms with van der Waals surface area (Å²) in [6.07, 6.45) is 2.23. The third kappa shape index (κ3) is 4.73. The van der Waals surface area contributed by atoms with Crippen LogP contribution >= 0.6 is 15.9 Å². The predicted molar refractivity (Wildman–Crippen MR) is 62.8 cm³/mol. The van der Waals surface area contributed by atoms with E-state index in [1.54, 1.807) is 13.1 Å². The van der Waals surface area contributed by atoms with E-state index in [0.29, 0.717) is 19.6 Å². The molecular weight excluding hydrogens is 258 g/mol. The Morgan fingerprint density at radius 1 is 1.53 bits per heavy atom.